The van der Waals surface area contributed by atoms with Crippen molar-refractivity contribution in [2.24, 2.45) is 5.92 Å². The number of benzene rings is 2. The number of rotatable bonds is 6. The Kier molecular flexibility index (Phi) is 5.78. The Morgan fingerprint density at radius 2 is 1.85 bits per heavy atom. The lowest BCUT2D eigenvalue weighted by molar-refractivity contribution is -0.121. The number of hydrogen-bond donors (Lipinski definition) is 0. The minimum absolute atomic E-state index is 0.0216. The number of amides is 2. The van der Waals surface area contributed by atoms with Gasteiger partial charge < -0.3 is 14.5 Å². The summed E-state index contributed by atoms with van der Waals surface area (Å²) >= 11 is 5.86. The van der Waals surface area contributed by atoms with E-state index < -0.39 is 0 Å². The van der Waals surface area contributed by atoms with Gasteiger partial charge in [0, 0.05) is 18.1 Å². The van der Waals surface area contributed by atoms with Crippen LogP contribution in [-0.4, -0.2) is 32.0 Å². The number of hydrogen-bond acceptors (Lipinski definition) is 3. The summed E-state index contributed by atoms with van der Waals surface area (Å²) in [6.45, 7) is 3.25. The average Bonchev–Trinajstić information content (AvgIpc) is 2.76. The molecule has 1 unspecified atom stereocenters. The fourth-order valence-electron chi connectivity index (χ4n) is 3.07. The van der Waals surface area contributed by atoms with Crippen LogP contribution in [0.3, 0.4) is 0 Å². The molecule has 0 radical (unpaired) electrons. The molecule has 0 aromatic heterocycles. The highest BCUT2D eigenvalue weighted by molar-refractivity contribution is 6.30. The van der Waals surface area contributed by atoms with Crippen LogP contribution in [0.15, 0.2) is 48.5 Å². The van der Waals surface area contributed by atoms with E-state index in [0.29, 0.717) is 31.1 Å². The van der Waals surface area contributed by atoms with Gasteiger partial charge in [0.15, 0.2) is 0 Å². The topological polar surface area (TPSA) is 49.9 Å². The zero-order valence-corrected chi connectivity index (χ0v) is 15.4. The van der Waals surface area contributed by atoms with Crippen molar-refractivity contribution in [3.05, 3.63) is 53.6 Å². The molecular formula is C20H21ClN2O3. The molecule has 0 bridgehead atoms. The third-order valence-corrected chi connectivity index (χ3v) is 4.63. The number of para-hydroxylation sites is 2. The molecule has 0 spiro atoms. The standard InChI is InChI=1S/C20H21ClN2O3/c1-15-13-22(14-24)18-5-2-3-6-19(18)23(20(15)25)11-4-12-26-17-9-7-16(21)8-10-17/h2-3,5-10,14-15H,4,11-13H2,1H3. The molecule has 0 N–H and O–H groups in total. The maximum atomic E-state index is 12.8. The van der Waals surface area contributed by atoms with Gasteiger partial charge >= 0.3 is 0 Å². The smallest absolute Gasteiger partial charge is 0.231 e. The Bertz CT molecular complexity index is 779. The number of carbonyl (C=O) groups is 2. The summed E-state index contributed by atoms with van der Waals surface area (Å²) in [6.07, 6.45) is 1.46. The van der Waals surface area contributed by atoms with Crippen LogP contribution < -0.4 is 14.5 Å². The predicted octanol–water partition coefficient (Wildman–Crippen LogP) is 3.75. The Labute approximate surface area is 158 Å². The van der Waals surface area contributed by atoms with E-state index >= 15 is 0 Å². The molecule has 6 heteroatoms. The second kappa shape index (κ2) is 8.23. The van der Waals surface area contributed by atoms with Crippen LogP contribution in [0.1, 0.15) is 13.3 Å². The van der Waals surface area contributed by atoms with Gasteiger partial charge in [-0.3, -0.25) is 9.59 Å². The molecular weight excluding hydrogens is 352 g/mol. The molecule has 2 amide bonds. The number of fused-ring (bicyclic) bond motifs is 1. The highest BCUT2D eigenvalue weighted by Gasteiger charge is 2.30. The van der Waals surface area contributed by atoms with E-state index in [2.05, 4.69) is 0 Å². The number of carbonyl (C=O) groups excluding carboxylic acids is 2. The lowest BCUT2D eigenvalue weighted by Crippen LogP contribution is -2.37. The number of halogens is 1. The second-order valence-electron chi connectivity index (χ2n) is 6.29. The first-order chi connectivity index (χ1) is 12.6. The maximum Gasteiger partial charge on any atom is 0.231 e. The van der Waals surface area contributed by atoms with Crippen LogP contribution in [-0.2, 0) is 9.59 Å². The Morgan fingerprint density at radius 3 is 2.54 bits per heavy atom. The van der Waals surface area contributed by atoms with E-state index in [1.54, 1.807) is 21.9 Å². The fourth-order valence-corrected chi connectivity index (χ4v) is 3.19. The zero-order chi connectivity index (χ0) is 18.5. The molecule has 0 aliphatic carbocycles. The molecule has 2 aromatic rings. The molecule has 1 atom stereocenters. The van der Waals surface area contributed by atoms with E-state index in [0.717, 1.165) is 23.5 Å². The first-order valence-electron chi connectivity index (χ1n) is 8.61. The first kappa shape index (κ1) is 18.3. The van der Waals surface area contributed by atoms with Gasteiger partial charge in [-0.1, -0.05) is 30.7 Å². The van der Waals surface area contributed by atoms with Crippen LogP contribution in [0.5, 0.6) is 5.75 Å². The molecule has 0 saturated carbocycles. The van der Waals surface area contributed by atoms with Crippen LogP contribution >= 0.6 is 11.6 Å². The normalized spacial score (nSPS) is 16.8. The van der Waals surface area contributed by atoms with E-state index in [9.17, 15) is 9.59 Å². The molecule has 26 heavy (non-hydrogen) atoms. The number of anilines is 2. The van der Waals surface area contributed by atoms with Crippen LogP contribution in [0.2, 0.25) is 5.02 Å². The van der Waals surface area contributed by atoms with Crippen LogP contribution in [0.25, 0.3) is 0 Å². The molecule has 136 valence electrons. The monoisotopic (exact) mass is 372 g/mol. The predicted molar refractivity (Wildman–Crippen MR) is 103 cm³/mol. The molecule has 3 rings (SSSR count). The minimum atomic E-state index is -0.259. The molecule has 0 saturated heterocycles. The summed E-state index contributed by atoms with van der Waals surface area (Å²) in [6, 6.07) is 14.7. The van der Waals surface area contributed by atoms with Gasteiger partial charge in [-0.25, -0.2) is 0 Å². The molecule has 1 heterocycles. The summed E-state index contributed by atoms with van der Waals surface area (Å²) in [7, 11) is 0. The van der Waals surface area contributed by atoms with Gasteiger partial charge in [0.05, 0.1) is 23.9 Å². The molecule has 0 fully saturated rings. The van der Waals surface area contributed by atoms with Gasteiger partial charge in [-0.2, -0.15) is 0 Å². The van der Waals surface area contributed by atoms with Gasteiger partial charge in [0.2, 0.25) is 12.3 Å². The lowest BCUT2D eigenvalue weighted by Gasteiger charge is -2.24. The van der Waals surface area contributed by atoms with Gasteiger partial charge in [-0.15, -0.1) is 0 Å². The zero-order valence-electron chi connectivity index (χ0n) is 14.6. The Hall–Kier alpha value is -2.53. The van der Waals surface area contributed by atoms with E-state index in [1.165, 1.54) is 0 Å². The van der Waals surface area contributed by atoms with Crippen LogP contribution in [0, 0.1) is 5.92 Å². The van der Waals surface area contributed by atoms with Gasteiger partial charge in [0.25, 0.3) is 0 Å². The average molecular weight is 373 g/mol. The first-order valence-corrected chi connectivity index (χ1v) is 8.98. The van der Waals surface area contributed by atoms with Crippen molar-refractivity contribution in [1.29, 1.82) is 0 Å². The van der Waals surface area contributed by atoms with Gasteiger partial charge in [-0.05, 0) is 42.8 Å². The van der Waals surface area contributed by atoms with Crippen LogP contribution in [0.4, 0.5) is 11.4 Å². The fraction of sp³-hybridized carbons (Fsp3) is 0.300. The van der Waals surface area contributed by atoms with Crippen molar-refractivity contribution in [2.45, 2.75) is 13.3 Å². The quantitative estimate of drug-likeness (QED) is 0.573. The lowest BCUT2D eigenvalue weighted by atomic mass is 10.1. The van der Waals surface area contributed by atoms with Crippen molar-refractivity contribution in [1.82, 2.24) is 0 Å². The van der Waals surface area contributed by atoms with E-state index in [1.807, 2.05) is 43.3 Å². The number of ether oxygens (including phenoxy) is 1. The number of nitrogens with zero attached hydrogens (tertiary/aromatic N) is 2. The SMILES string of the molecule is CC1CN(C=O)c2ccccc2N(CCCOc2ccc(Cl)cc2)C1=O. The Balaban J connectivity index is 1.69. The van der Waals surface area contributed by atoms with Crippen molar-refractivity contribution in [3.63, 3.8) is 0 Å². The van der Waals surface area contributed by atoms with Crippen molar-refractivity contribution >= 4 is 35.3 Å². The highest BCUT2D eigenvalue weighted by atomic mass is 35.5. The minimum Gasteiger partial charge on any atom is -0.494 e. The summed E-state index contributed by atoms with van der Waals surface area (Å²) in [5.41, 5.74) is 1.53. The molecule has 5 nitrogen and oxygen atoms in total. The van der Waals surface area contributed by atoms with E-state index in [-0.39, 0.29) is 11.8 Å². The van der Waals surface area contributed by atoms with E-state index in [4.69, 9.17) is 16.3 Å². The van der Waals surface area contributed by atoms with Crippen molar-refractivity contribution in [3.8, 4) is 5.75 Å². The summed E-state index contributed by atoms with van der Waals surface area (Å²) in [5.74, 6) is 0.510. The van der Waals surface area contributed by atoms with Crippen molar-refractivity contribution < 1.29 is 14.3 Å². The Morgan fingerprint density at radius 1 is 1.15 bits per heavy atom. The van der Waals surface area contributed by atoms with Gasteiger partial charge in [0.1, 0.15) is 5.75 Å². The maximum absolute atomic E-state index is 12.8. The largest absolute Gasteiger partial charge is 0.494 e. The summed E-state index contributed by atoms with van der Waals surface area (Å²) < 4.78 is 5.71. The molecule has 1 aliphatic rings. The summed E-state index contributed by atoms with van der Waals surface area (Å²) in [4.78, 5) is 27.6. The third-order valence-electron chi connectivity index (χ3n) is 4.38. The molecule has 2 aromatic carbocycles. The molecule has 1 aliphatic heterocycles. The second-order valence-corrected chi connectivity index (χ2v) is 6.73. The van der Waals surface area contributed by atoms with Crippen molar-refractivity contribution in [2.75, 3.05) is 29.5 Å². The highest BCUT2D eigenvalue weighted by Crippen LogP contribution is 2.33. The summed E-state index contributed by atoms with van der Waals surface area (Å²) in [5, 5.41) is 0.665. The third kappa shape index (κ3) is 3.99.